The summed E-state index contributed by atoms with van der Waals surface area (Å²) < 4.78 is 1.75. The molecule has 2 aliphatic rings. The van der Waals surface area contributed by atoms with E-state index in [0.717, 1.165) is 55.7 Å². The topological polar surface area (TPSA) is 108 Å². The van der Waals surface area contributed by atoms with Gasteiger partial charge in [0.05, 0.1) is 23.5 Å². The van der Waals surface area contributed by atoms with Gasteiger partial charge in [0.25, 0.3) is 5.56 Å². The molecule has 5 heterocycles. The van der Waals surface area contributed by atoms with Crippen molar-refractivity contribution in [3.05, 3.63) is 69.7 Å². The van der Waals surface area contributed by atoms with E-state index in [2.05, 4.69) is 25.5 Å². The van der Waals surface area contributed by atoms with Gasteiger partial charge in [-0.15, -0.1) is 0 Å². The van der Waals surface area contributed by atoms with Gasteiger partial charge in [0.1, 0.15) is 11.5 Å². The highest BCUT2D eigenvalue weighted by atomic mass is 35.5. The number of aryl methyl sites for hydroxylation is 1. The molecule has 0 radical (unpaired) electrons. The summed E-state index contributed by atoms with van der Waals surface area (Å²) in [7, 11) is 0. The molecule has 0 bridgehead atoms. The smallest absolute Gasteiger partial charge is 0.260 e. The summed E-state index contributed by atoms with van der Waals surface area (Å²) >= 11 is 6.60. The third-order valence-corrected chi connectivity index (χ3v) is 8.57. The molecular formula is C31H35ClN8O2. The SMILES string of the molecule is CCC(=O)N1CCCC(n2c(=O)c(-c3ccccc3Cl)c(C)c3cnc(Nc4ccc(N5CCNCC5)cn4)nc32)C1. The second kappa shape index (κ2) is 12.1. The summed E-state index contributed by atoms with van der Waals surface area (Å²) in [6.07, 6.45) is 5.60. The number of hydrogen-bond acceptors (Lipinski definition) is 8. The molecule has 0 spiro atoms. The number of aromatic nitrogens is 4. The molecular weight excluding hydrogens is 552 g/mol. The van der Waals surface area contributed by atoms with Crippen molar-refractivity contribution in [2.24, 2.45) is 0 Å². The highest BCUT2D eigenvalue weighted by Gasteiger charge is 2.29. The van der Waals surface area contributed by atoms with Crippen molar-refractivity contribution in [1.82, 2.24) is 29.7 Å². The molecule has 6 rings (SSSR count). The number of fused-ring (bicyclic) bond motifs is 1. The maximum Gasteiger partial charge on any atom is 0.260 e. The zero-order valence-electron chi connectivity index (χ0n) is 23.9. The summed E-state index contributed by atoms with van der Waals surface area (Å²) in [5.41, 5.74) is 3.39. The predicted octanol–water partition coefficient (Wildman–Crippen LogP) is 4.54. The first-order valence-corrected chi connectivity index (χ1v) is 15.0. The van der Waals surface area contributed by atoms with Crippen LogP contribution in [0.5, 0.6) is 0 Å². The van der Waals surface area contributed by atoms with Crippen molar-refractivity contribution >= 4 is 46.0 Å². The molecule has 2 aliphatic heterocycles. The van der Waals surface area contributed by atoms with E-state index >= 15 is 0 Å². The van der Waals surface area contributed by atoms with Crippen LogP contribution in [0.4, 0.5) is 17.5 Å². The molecule has 1 unspecified atom stereocenters. The largest absolute Gasteiger partial charge is 0.368 e. The van der Waals surface area contributed by atoms with E-state index in [4.69, 9.17) is 16.6 Å². The van der Waals surface area contributed by atoms with E-state index in [1.54, 1.807) is 16.8 Å². The van der Waals surface area contributed by atoms with Crippen LogP contribution in [0.3, 0.4) is 0 Å². The lowest BCUT2D eigenvalue weighted by Crippen LogP contribution is -2.43. The minimum Gasteiger partial charge on any atom is -0.368 e. The van der Waals surface area contributed by atoms with Crippen LogP contribution in [0.2, 0.25) is 5.02 Å². The van der Waals surface area contributed by atoms with Crippen LogP contribution < -0.4 is 21.1 Å². The van der Waals surface area contributed by atoms with Crippen molar-refractivity contribution in [3.8, 4) is 11.1 Å². The van der Waals surface area contributed by atoms with Crippen LogP contribution in [0.1, 0.15) is 37.8 Å². The third-order valence-electron chi connectivity index (χ3n) is 8.24. The van der Waals surface area contributed by atoms with Gasteiger partial charge in [-0.05, 0) is 43.5 Å². The number of piperazine rings is 1. The Morgan fingerprint density at radius 2 is 1.90 bits per heavy atom. The van der Waals surface area contributed by atoms with Gasteiger partial charge in [-0.3, -0.25) is 14.2 Å². The second-order valence-corrected chi connectivity index (χ2v) is 11.2. The number of pyridine rings is 2. The second-order valence-electron chi connectivity index (χ2n) is 10.8. The highest BCUT2D eigenvalue weighted by molar-refractivity contribution is 6.33. The summed E-state index contributed by atoms with van der Waals surface area (Å²) in [6, 6.07) is 11.1. The first-order valence-electron chi connectivity index (χ1n) is 14.6. The number of piperidine rings is 1. The Labute approximate surface area is 249 Å². The number of anilines is 3. The number of likely N-dealkylation sites (tertiary alicyclic amines) is 1. The van der Waals surface area contributed by atoms with Crippen LogP contribution >= 0.6 is 11.6 Å². The van der Waals surface area contributed by atoms with Crippen LogP contribution in [0, 0.1) is 6.92 Å². The van der Waals surface area contributed by atoms with Crippen molar-refractivity contribution in [1.29, 1.82) is 0 Å². The van der Waals surface area contributed by atoms with E-state index < -0.39 is 0 Å². The maximum atomic E-state index is 14.4. The van der Waals surface area contributed by atoms with Crippen molar-refractivity contribution in [2.45, 2.75) is 39.2 Å². The summed E-state index contributed by atoms with van der Waals surface area (Å²) in [5.74, 6) is 1.05. The maximum absolute atomic E-state index is 14.4. The summed E-state index contributed by atoms with van der Waals surface area (Å²) in [5, 5.41) is 7.85. The molecule has 218 valence electrons. The van der Waals surface area contributed by atoms with Crippen LogP contribution in [0.25, 0.3) is 22.2 Å². The van der Waals surface area contributed by atoms with Crippen LogP contribution in [-0.4, -0.2) is 69.6 Å². The van der Waals surface area contributed by atoms with E-state index in [0.29, 0.717) is 53.1 Å². The van der Waals surface area contributed by atoms with Gasteiger partial charge in [-0.2, -0.15) is 4.98 Å². The molecule has 1 amide bonds. The molecule has 10 nitrogen and oxygen atoms in total. The quantitative estimate of drug-likeness (QED) is 0.339. The average Bonchev–Trinajstić information content (AvgIpc) is 3.02. The predicted molar refractivity (Wildman–Crippen MR) is 167 cm³/mol. The molecule has 11 heteroatoms. The zero-order valence-corrected chi connectivity index (χ0v) is 24.7. The Morgan fingerprint density at radius 1 is 1.10 bits per heavy atom. The fraction of sp³-hybridized carbons (Fsp3) is 0.387. The molecule has 2 saturated heterocycles. The Balaban J connectivity index is 1.42. The number of nitrogens with one attached hydrogen (secondary N) is 2. The number of halogens is 1. The van der Waals surface area contributed by atoms with Crippen molar-refractivity contribution in [2.75, 3.05) is 49.5 Å². The van der Waals surface area contributed by atoms with Crippen molar-refractivity contribution < 1.29 is 4.79 Å². The van der Waals surface area contributed by atoms with E-state index in [1.165, 1.54) is 0 Å². The Hall–Kier alpha value is -4.02. The Morgan fingerprint density at radius 3 is 2.64 bits per heavy atom. The minimum absolute atomic E-state index is 0.0859. The number of carbonyl (C=O) groups is 1. The molecule has 42 heavy (non-hydrogen) atoms. The van der Waals surface area contributed by atoms with Crippen molar-refractivity contribution in [3.63, 3.8) is 0 Å². The van der Waals surface area contributed by atoms with E-state index in [-0.39, 0.29) is 17.5 Å². The van der Waals surface area contributed by atoms with Crippen LogP contribution in [0.15, 0.2) is 53.6 Å². The molecule has 4 aromatic rings. The number of amides is 1. The lowest BCUT2D eigenvalue weighted by Gasteiger charge is -2.34. The molecule has 1 atom stereocenters. The average molecular weight is 587 g/mol. The van der Waals surface area contributed by atoms with Gasteiger partial charge in [0.15, 0.2) is 0 Å². The summed E-state index contributed by atoms with van der Waals surface area (Å²) in [6.45, 7) is 8.71. The molecule has 0 aliphatic carbocycles. The molecule has 1 aromatic carbocycles. The van der Waals surface area contributed by atoms with E-state index in [9.17, 15) is 9.59 Å². The number of carbonyl (C=O) groups excluding carboxylic acids is 1. The number of nitrogens with zero attached hydrogens (tertiary/aromatic N) is 6. The highest BCUT2D eigenvalue weighted by Crippen LogP contribution is 2.33. The number of rotatable bonds is 6. The zero-order chi connectivity index (χ0) is 29.2. The third kappa shape index (κ3) is 5.44. The minimum atomic E-state index is -0.231. The summed E-state index contributed by atoms with van der Waals surface area (Å²) in [4.78, 5) is 45.2. The molecule has 2 fully saturated rings. The first kappa shape index (κ1) is 28.1. The fourth-order valence-corrected chi connectivity index (χ4v) is 6.24. The molecule has 2 N–H and O–H groups in total. The monoisotopic (exact) mass is 586 g/mol. The molecule has 0 saturated carbocycles. The van der Waals surface area contributed by atoms with Gasteiger partial charge in [-0.1, -0.05) is 36.7 Å². The normalized spacial score (nSPS) is 17.5. The Kier molecular flexibility index (Phi) is 8.08. The lowest BCUT2D eigenvalue weighted by molar-refractivity contribution is -0.132. The van der Waals surface area contributed by atoms with Gasteiger partial charge >= 0.3 is 0 Å². The lowest BCUT2D eigenvalue weighted by atomic mass is 9.98. The van der Waals surface area contributed by atoms with E-state index in [1.807, 2.05) is 55.3 Å². The van der Waals surface area contributed by atoms with Gasteiger partial charge in [-0.25, -0.2) is 9.97 Å². The Bertz CT molecular complexity index is 1670. The van der Waals surface area contributed by atoms with Gasteiger partial charge in [0.2, 0.25) is 11.9 Å². The van der Waals surface area contributed by atoms with Gasteiger partial charge in [0, 0.05) is 67.9 Å². The molecule has 3 aromatic heterocycles. The van der Waals surface area contributed by atoms with Crippen LogP contribution in [-0.2, 0) is 4.79 Å². The number of benzene rings is 1. The fourth-order valence-electron chi connectivity index (χ4n) is 6.01. The van der Waals surface area contributed by atoms with Gasteiger partial charge < -0.3 is 20.4 Å². The number of hydrogen-bond donors (Lipinski definition) is 2. The first-order chi connectivity index (χ1) is 20.4. The standard InChI is InChI=1S/C31H35ClN8O2/c1-3-27(41)39-14-6-7-22(19-39)40-29-24(20(2)28(30(40)42)23-8-4-5-9-25(23)32)18-35-31(37-29)36-26-11-10-21(17-34-26)38-15-12-33-13-16-38/h4-5,8-11,17-18,22,33H,3,6-7,12-16,19H2,1-2H3,(H,34,35,36,37).